The highest BCUT2D eigenvalue weighted by Crippen LogP contribution is 2.31. The maximum Gasteiger partial charge on any atom is 0.331 e. The van der Waals surface area contributed by atoms with Crippen LogP contribution in [0.4, 0.5) is 5.69 Å². The number of hydrogen-bond acceptors (Lipinski definition) is 5. The van der Waals surface area contributed by atoms with Crippen molar-refractivity contribution >= 4 is 35.2 Å². The van der Waals surface area contributed by atoms with Gasteiger partial charge in [-0.05, 0) is 43.2 Å². The number of hydrogen-bond donors (Lipinski definition) is 1. The van der Waals surface area contributed by atoms with Crippen LogP contribution in [0.2, 0.25) is 5.02 Å². The van der Waals surface area contributed by atoms with Gasteiger partial charge in [-0.25, -0.2) is 4.79 Å². The van der Waals surface area contributed by atoms with E-state index in [1.54, 1.807) is 24.3 Å². The molecule has 0 aromatic heterocycles. The van der Waals surface area contributed by atoms with Gasteiger partial charge in [-0.1, -0.05) is 29.8 Å². The third-order valence-electron chi connectivity index (χ3n) is 3.87. The molecular weight excluding hydrogens is 382 g/mol. The average molecular weight is 404 g/mol. The number of carbonyl (C=O) groups is 2. The first-order chi connectivity index (χ1) is 13.3. The minimum Gasteiger partial charge on any atom is -0.493 e. The summed E-state index contributed by atoms with van der Waals surface area (Å²) in [5, 5.41) is 3.09. The highest BCUT2D eigenvalue weighted by atomic mass is 35.5. The topological polar surface area (TPSA) is 73.9 Å². The van der Waals surface area contributed by atoms with Crippen LogP contribution in [0.15, 0.2) is 36.4 Å². The normalized spacial score (nSPS) is 10.6. The molecule has 0 saturated heterocycles. The fourth-order valence-corrected chi connectivity index (χ4v) is 3.00. The average Bonchev–Trinajstić information content (AvgIpc) is 2.66. The van der Waals surface area contributed by atoms with E-state index >= 15 is 0 Å². The van der Waals surface area contributed by atoms with Gasteiger partial charge in [-0.15, -0.1) is 0 Å². The van der Waals surface area contributed by atoms with E-state index in [2.05, 4.69) is 5.32 Å². The number of halogens is 1. The summed E-state index contributed by atoms with van der Waals surface area (Å²) >= 11 is 6.16. The number of rotatable bonds is 7. The van der Waals surface area contributed by atoms with Crippen molar-refractivity contribution in [2.45, 2.75) is 13.8 Å². The second-order valence-corrected chi connectivity index (χ2v) is 6.42. The zero-order valence-corrected chi connectivity index (χ0v) is 16.9. The maximum atomic E-state index is 12.1. The van der Waals surface area contributed by atoms with Crippen molar-refractivity contribution in [1.29, 1.82) is 0 Å². The molecule has 0 aliphatic rings. The minimum atomic E-state index is -0.660. The molecule has 1 N–H and O–H groups in total. The molecule has 0 atom stereocenters. The number of esters is 1. The van der Waals surface area contributed by atoms with Crippen molar-refractivity contribution < 1.29 is 23.8 Å². The van der Waals surface area contributed by atoms with Gasteiger partial charge in [0, 0.05) is 11.6 Å². The molecule has 0 aliphatic heterocycles. The molecule has 7 heteroatoms. The molecule has 0 aliphatic carbocycles. The zero-order valence-electron chi connectivity index (χ0n) is 16.2. The summed E-state index contributed by atoms with van der Waals surface area (Å²) in [4.78, 5) is 24.0. The maximum absolute atomic E-state index is 12.1. The van der Waals surface area contributed by atoms with Crippen LogP contribution in [0, 0.1) is 13.8 Å². The second kappa shape index (κ2) is 9.80. The minimum absolute atomic E-state index is 0.429. The van der Waals surface area contributed by atoms with Crippen molar-refractivity contribution in [2.24, 2.45) is 0 Å². The molecular formula is C21H22ClNO5. The quantitative estimate of drug-likeness (QED) is 0.554. The summed E-state index contributed by atoms with van der Waals surface area (Å²) in [5.41, 5.74) is 2.97. The fourth-order valence-electron chi connectivity index (χ4n) is 2.64. The van der Waals surface area contributed by atoms with Gasteiger partial charge in [0.05, 0.1) is 24.9 Å². The molecule has 0 fully saturated rings. The third kappa shape index (κ3) is 5.50. The fraction of sp³-hybridized carbons (Fsp3) is 0.238. The lowest BCUT2D eigenvalue weighted by atomic mass is 10.1. The van der Waals surface area contributed by atoms with Crippen molar-refractivity contribution in [3.63, 3.8) is 0 Å². The van der Waals surface area contributed by atoms with E-state index in [-0.39, 0.29) is 0 Å². The number of benzene rings is 2. The number of carbonyl (C=O) groups excluding carboxylic acids is 2. The number of anilines is 1. The van der Waals surface area contributed by atoms with E-state index < -0.39 is 18.5 Å². The van der Waals surface area contributed by atoms with Gasteiger partial charge < -0.3 is 19.5 Å². The summed E-state index contributed by atoms with van der Waals surface area (Å²) < 4.78 is 15.5. The largest absolute Gasteiger partial charge is 0.493 e. The van der Waals surface area contributed by atoms with Gasteiger partial charge in [-0.2, -0.15) is 0 Å². The lowest BCUT2D eigenvalue weighted by Crippen LogP contribution is -2.20. The molecule has 2 rings (SSSR count). The Hall–Kier alpha value is -2.99. The van der Waals surface area contributed by atoms with Gasteiger partial charge in [0.15, 0.2) is 18.1 Å². The van der Waals surface area contributed by atoms with Crippen LogP contribution < -0.4 is 14.8 Å². The molecule has 0 spiro atoms. The Morgan fingerprint density at radius 3 is 2.54 bits per heavy atom. The van der Waals surface area contributed by atoms with Gasteiger partial charge in [0.2, 0.25) is 0 Å². The zero-order chi connectivity index (χ0) is 20.7. The van der Waals surface area contributed by atoms with E-state index in [0.717, 1.165) is 11.1 Å². The van der Waals surface area contributed by atoms with E-state index in [9.17, 15) is 9.59 Å². The predicted octanol–water partition coefficient (Wildman–Crippen LogP) is 4.17. The smallest absolute Gasteiger partial charge is 0.331 e. The van der Waals surface area contributed by atoms with Crippen LogP contribution in [-0.4, -0.2) is 32.7 Å². The van der Waals surface area contributed by atoms with Crippen LogP contribution in [0.3, 0.4) is 0 Å². The van der Waals surface area contributed by atoms with E-state index in [1.807, 2.05) is 19.9 Å². The molecule has 0 unspecified atom stereocenters. The van der Waals surface area contributed by atoms with Crippen molar-refractivity contribution in [2.75, 3.05) is 26.1 Å². The van der Waals surface area contributed by atoms with Crippen molar-refractivity contribution in [1.82, 2.24) is 0 Å². The molecule has 0 radical (unpaired) electrons. The summed E-state index contributed by atoms with van der Waals surface area (Å²) in [7, 11) is 3.04. The third-order valence-corrected chi connectivity index (χ3v) is 4.17. The first-order valence-corrected chi connectivity index (χ1v) is 8.86. The Morgan fingerprint density at radius 2 is 1.89 bits per heavy atom. The Morgan fingerprint density at radius 1 is 1.14 bits per heavy atom. The lowest BCUT2D eigenvalue weighted by molar-refractivity contribution is -0.142. The molecule has 2 aromatic carbocycles. The number of methoxy groups -OCH3 is 2. The summed E-state index contributed by atoms with van der Waals surface area (Å²) in [5.74, 6) is -0.0969. The highest BCUT2D eigenvalue weighted by molar-refractivity contribution is 6.34. The summed E-state index contributed by atoms with van der Waals surface area (Å²) in [6.45, 7) is 3.32. The summed E-state index contributed by atoms with van der Waals surface area (Å²) in [6.07, 6.45) is 2.75. The molecule has 2 aromatic rings. The van der Waals surface area contributed by atoms with Crippen LogP contribution in [0.25, 0.3) is 6.08 Å². The molecule has 148 valence electrons. The van der Waals surface area contributed by atoms with Gasteiger partial charge in [0.1, 0.15) is 0 Å². The van der Waals surface area contributed by atoms with Crippen LogP contribution >= 0.6 is 11.6 Å². The van der Waals surface area contributed by atoms with E-state index in [4.69, 9.17) is 25.8 Å². The first kappa shape index (κ1) is 21.3. The van der Waals surface area contributed by atoms with Gasteiger partial charge in [-0.3, -0.25) is 4.79 Å². The van der Waals surface area contributed by atoms with E-state index in [1.165, 1.54) is 26.4 Å². The Kier molecular flexibility index (Phi) is 7.46. The van der Waals surface area contributed by atoms with Gasteiger partial charge >= 0.3 is 5.97 Å². The highest BCUT2D eigenvalue weighted by Gasteiger charge is 2.12. The standard InChI is InChI=1S/C21H22ClNO5/c1-13-10-14(2)20(16(22)11-13)23-18(24)12-28-19(25)9-8-15-6-5-7-17(26-3)21(15)27-4/h5-11H,12H2,1-4H3,(H,23,24)/b9-8+. The Balaban J connectivity index is 1.96. The number of para-hydroxylation sites is 1. The molecule has 1 amide bonds. The van der Waals surface area contributed by atoms with Crippen molar-refractivity contribution in [3.8, 4) is 11.5 Å². The second-order valence-electron chi connectivity index (χ2n) is 6.01. The van der Waals surface area contributed by atoms with Gasteiger partial charge in [0.25, 0.3) is 5.91 Å². The first-order valence-electron chi connectivity index (χ1n) is 8.48. The number of nitrogens with one attached hydrogen (secondary N) is 1. The predicted molar refractivity (Wildman–Crippen MR) is 109 cm³/mol. The Labute approximate surface area is 169 Å². The number of ether oxygens (including phenoxy) is 3. The molecule has 0 saturated carbocycles. The molecule has 28 heavy (non-hydrogen) atoms. The Bertz CT molecular complexity index is 885. The van der Waals surface area contributed by atoms with E-state index in [0.29, 0.717) is 27.8 Å². The summed E-state index contributed by atoms with van der Waals surface area (Å²) in [6, 6.07) is 8.93. The SMILES string of the molecule is COc1cccc(/C=C/C(=O)OCC(=O)Nc2c(C)cc(C)cc2Cl)c1OC. The molecule has 6 nitrogen and oxygen atoms in total. The van der Waals surface area contributed by atoms with Crippen LogP contribution in [-0.2, 0) is 14.3 Å². The van der Waals surface area contributed by atoms with Crippen LogP contribution in [0.5, 0.6) is 11.5 Å². The number of aryl methyl sites for hydroxylation is 2. The number of amides is 1. The lowest BCUT2D eigenvalue weighted by Gasteiger charge is -2.11. The molecule has 0 bridgehead atoms. The molecule has 0 heterocycles. The van der Waals surface area contributed by atoms with Crippen LogP contribution in [0.1, 0.15) is 16.7 Å². The van der Waals surface area contributed by atoms with Crippen molar-refractivity contribution in [3.05, 3.63) is 58.1 Å². The monoisotopic (exact) mass is 403 g/mol.